The van der Waals surface area contributed by atoms with E-state index >= 15 is 0 Å². The van der Waals surface area contributed by atoms with E-state index in [-0.39, 0.29) is 0 Å². The zero-order valence-electron chi connectivity index (χ0n) is 3.89. The molecular formula is C4H7ClS2. The van der Waals surface area contributed by atoms with Gasteiger partial charge >= 0.3 is 0 Å². The highest BCUT2D eigenvalue weighted by Crippen LogP contribution is 2.23. The molecule has 0 spiro atoms. The van der Waals surface area contributed by atoms with Gasteiger partial charge in [0.25, 0.3) is 0 Å². The molecule has 42 valence electrons. The number of hydrogen-bond acceptors (Lipinski definition) is 2. The van der Waals surface area contributed by atoms with Crippen LogP contribution >= 0.6 is 35.1 Å². The SMILES string of the molecule is ClC1CSCSC1. The van der Waals surface area contributed by atoms with Gasteiger partial charge in [0, 0.05) is 16.6 Å². The third kappa shape index (κ3) is 2.15. The molecule has 0 atom stereocenters. The van der Waals surface area contributed by atoms with Crippen LogP contribution in [0.25, 0.3) is 0 Å². The van der Waals surface area contributed by atoms with Gasteiger partial charge in [-0.2, -0.15) is 0 Å². The zero-order chi connectivity index (χ0) is 5.11. The van der Waals surface area contributed by atoms with Gasteiger partial charge in [-0.15, -0.1) is 35.1 Å². The summed E-state index contributed by atoms with van der Waals surface area (Å²) in [6.45, 7) is 0. The van der Waals surface area contributed by atoms with Crippen LogP contribution in [0.1, 0.15) is 0 Å². The Balaban J connectivity index is 2.12. The van der Waals surface area contributed by atoms with Gasteiger partial charge in [0.2, 0.25) is 0 Å². The van der Waals surface area contributed by atoms with Crippen LogP contribution in [-0.2, 0) is 0 Å². The van der Waals surface area contributed by atoms with Crippen molar-refractivity contribution in [2.24, 2.45) is 0 Å². The molecule has 1 fully saturated rings. The van der Waals surface area contributed by atoms with Crippen LogP contribution in [0.5, 0.6) is 0 Å². The minimum Gasteiger partial charge on any atom is -0.150 e. The van der Waals surface area contributed by atoms with Gasteiger partial charge in [0.1, 0.15) is 0 Å². The molecule has 0 aromatic rings. The monoisotopic (exact) mass is 154 g/mol. The third-order valence-electron chi connectivity index (χ3n) is 0.764. The molecule has 0 bridgehead atoms. The molecule has 3 heteroatoms. The third-order valence-corrected chi connectivity index (χ3v) is 4.05. The molecule has 0 aromatic heterocycles. The summed E-state index contributed by atoms with van der Waals surface area (Å²) in [5, 5.41) is 1.67. The molecule has 1 heterocycles. The molecule has 0 aliphatic carbocycles. The van der Waals surface area contributed by atoms with E-state index in [1.807, 2.05) is 23.5 Å². The van der Waals surface area contributed by atoms with Crippen LogP contribution in [0.15, 0.2) is 0 Å². The predicted octanol–water partition coefficient (Wildman–Crippen LogP) is 2.03. The lowest BCUT2D eigenvalue weighted by molar-refractivity contribution is 1.13. The molecule has 1 aliphatic heterocycles. The van der Waals surface area contributed by atoms with Gasteiger partial charge in [-0.3, -0.25) is 0 Å². The van der Waals surface area contributed by atoms with Crippen molar-refractivity contribution in [3.05, 3.63) is 0 Å². The number of alkyl halides is 1. The zero-order valence-corrected chi connectivity index (χ0v) is 6.28. The van der Waals surface area contributed by atoms with Crippen LogP contribution in [0, 0.1) is 0 Å². The van der Waals surface area contributed by atoms with Crippen molar-refractivity contribution in [1.29, 1.82) is 0 Å². The molecule has 0 saturated carbocycles. The average Bonchev–Trinajstić information content (AvgIpc) is 1.69. The number of halogens is 1. The molecule has 0 aromatic carbocycles. The summed E-state index contributed by atoms with van der Waals surface area (Å²) in [6, 6.07) is 0. The molecule has 0 nitrogen and oxygen atoms in total. The molecular weight excluding hydrogens is 148 g/mol. The lowest BCUT2D eigenvalue weighted by Crippen LogP contribution is -2.10. The van der Waals surface area contributed by atoms with E-state index in [0.717, 1.165) is 11.5 Å². The van der Waals surface area contributed by atoms with Crippen LogP contribution < -0.4 is 0 Å². The maximum atomic E-state index is 5.77. The maximum Gasteiger partial charge on any atom is 0.0517 e. The van der Waals surface area contributed by atoms with Crippen molar-refractivity contribution in [3.63, 3.8) is 0 Å². The Morgan fingerprint density at radius 2 is 1.86 bits per heavy atom. The highest BCUT2D eigenvalue weighted by atomic mass is 35.5. The highest BCUT2D eigenvalue weighted by Gasteiger charge is 2.08. The summed E-state index contributed by atoms with van der Waals surface area (Å²) >= 11 is 9.64. The molecule has 0 amide bonds. The van der Waals surface area contributed by atoms with Gasteiger partial charge in [-0.1, -0.05) is 0 Å². The van der Waals surface area contributed by atoms with E-state index in [9.17, 15) is 0 Å². The first kappa shape index (κ1) is 6.12. The number of rotatable bonds is 0. The van der Waals surface area contributed by atoms with Crippen molar-refractivity contribution in [1.82, 2.24) is 0 Å². The summed E-state index contributed by atoms with van der Waals surface area (Å²) in [7, 11) is 0. The Kier molecular flexibility index (Phi) is 2.71. The summed E-state index contributed by atoms with van der Waals surface area (Å²) in [5.74, 6) is 2.29. The van der Waals surface area contributed by atoms with Crippen LogP contribution in [0.3, 0.4) is 0 Å². The summed E-state index contributed by atoms with van der Waals surface area (Å²) in [6.07, 6.45) is 0. The van der Waals surface area contributed by atoms with E-state index in [0.29, 0.717) is 5.38 Å². The molecule has 7 heavy (non-hydrogen) atoms. The largest absolute Gasteiger partial charge is 0.150 e. The van der Waals surface area contributed by atoms with E-state index in [1.54, 1.807) is 0 Å². The standard InChI is InChI=1S/C4H7ClS2/c5-4-1-6-3-7-2-4/h4H,1-3H2. The quantitative estimate of drug-likeness (QED) is 0.490. The fourth-order valence-electron chi connectivity index (χ4n) is 0.459. The Morgan fingerprint density at radius 3 is 2.14 bits per heavy atom. The Bertz CT molecular complexity index is 51.7. The summed E-state index contributed by atoms with van der Waals surface area (Å²) in [4.78, 5) is 0. The van der Waals surface area contributed by atoms with E-state index in [4.69, 9.17) is 11.6 Å². The highest BCUT2D eigenvalue weighted by molar-refractivity contribution is 8.16. The second-order valence-electron chi connectivity index (χ2n) is 1.46. The second kappa shape index (κ2) is 3.10. The summed E-state index contributed by atoms with van der Waals surface area (Å²) < 4.78 is 0. The van der Waals surface area contributed by atoms with Crippen molar-refractivity contribution in [2.45, 2.75) is 5.38 Å². The van der Waals surface area contributed by atoms with Crippen molar-refractivity contribution >= 4 is 35.1 Å². The van der Waals surface area contributed by atoms with E-state index < -0.39 is 0 Å². The minimum absolute atomic E-state index is 0.434. The Hall–Kier alpha value is 0.990. The smallest absolute Gasteiger partial charge is 0.0517 e. The molecule has 0 unspecified atom stereocenters. The molecule has 1 aliphatic rings. The van der Waals surface area contributed by atoms with E-state index in [1.165, 1.54) is 5.08 Å². The number of thioether (sulfide) groups is 2. The van der Waals surface area contributed by atoms with Crippen molar-refractivity contribution < 1.29 is 0 Å². The second-order valence-corrected chi connectivity index (χ2v) is 4.50. The maximum absolute atomic E-state index is 5.77. The molecule has 0 radical (unpaired) electrons. The molecule has 0 N–H and O–H groups in total. The van der Waals surface area contributed by atoms with E-state index in [2.05, 4.69) is 0 Å². The van der Waals surface area contributed by atoms with Crippen molar-refractivity contribution in [3.8, 4) is 0 Å². The Morgan fingerprint density at radius 1 is 1.29 bits per heavy atom. The van der Waals surface area contributed by atoms with Crippen LogP contribution in [-0.4, -0.2) is 22.0 Å². The lowest BCUT2D eigenvalue weighted by Gasteiger charge is -2.13. The van der Waals surface area contributed by atoms with Gasteiger partial charge in [0.05, 0.1) is 5.38 Å². The Labute approximate surface area is 57.4 Å². The topological polar surface area (TPSA) is 0 Å². The summed E-state index contributed by atoms with van der Waals surface area (Å²) in [5.41, 5.74) is 0. The molecule has 1 rings (SSSR count). The fraction of sp³-hybridized carbons (Fsp3) is 1.00. The predicted molar refractivity (Wildman–Crippen MR) is 39.4 cm³/mol. The minimum atomic E-state index is 0.434. The van der Waals surface area contributed by atoms with Crippen LogP contribution in [0.4, 0.5) is 0 Å². The van der Waals surface area contributed by atoms with Gasteiger partial charge in [-0.25, -0.2) is 0 Å². The first-order valence-corrected chi connectivity index (χ1v) is 4.94. The normalized spacial score (nSPS) is 25.3. The average molecular weight is 155 g/mol. The lowest BCUT2D eigenvalue weighted by atomic mass is 10.6. The number of hydrogen-bond donors (Lipinski definition) is 0. The van der Waals surface area contributed by atoms with Crippen molar-refractivity contribution in [2.75, 3.05) is 16.6 Å². The fourth-order valence-corrected chi connectivity index (χ4v) is 3.13. The first-order chi connectivity index (χ1) is 3.39. The first-order valence-electron chi connectivity index (χ1n) is 2.19. The van der Waals surface area contributed by atoms with Gasteiger partial charge in [0.15, 0.2) is 0 Å². The van der Waals surface area contributed by atoms with Gasteiger partial charge < -0.3 is 0 Å². The van der Waals surface area contributed by atoms with Crippen LogP contribution in [0.2, 0.25) is 0 Å². The van der Waals surface area contributed by atoms with Gasteiger partial charge in [-0.05, 0) is 0 Å². The molecule has 1 saturated heterocycles.